The van der Waals surface area contributed by atoms with E-state index < -0.39 is 11.4 Å². The summed E-state index contributed by atoms with van der Waals surface area (Å²) in [6, 6.07) is 6.07. The first-order chi connectivity index (χ1) is 10.8. The summed E-state index contributed by atoms with van der Waals surface area (Å²) >= 11 is 6.59. The number of carboxylic acids is 1. The SMILES string of the molecule is CC1(C)CCC(c2ccc(C3(C(=O)O)CCCC3)cc2Cl)CC1. The van der Waals surface area contributed by atoms with E-state index in [1.165, 1.54) is 31.2 Å². The minimum atomic E-state index is -0.712. The maximum atomic E-state index is 11.9. The molecule has 3 heteroatoms. The molecule has 0 unspecified atom stereocenters. The summed E-state index contributed by atoms with van der Waals surface area (Å²) in [5.74, 6) is -0.174. The molecule has 2 aliphatic carbocycles. The number of aliphatic carboxylic acids is 1. The molecule has 0 amide bonds. The van der Waals surface area contributed by atoms with Crippen LogP contribution in [-0.4, -0.2) is 11.1 Å². The fourth-order valence-electron chi connectivity index (χ4n) is 4.47. The third-order valence-corrected chi connectivity index (χ3v) is 6.53. The van der Waals surface area contributed by atoms with Gasteiger partial charge in [0.15, 0.2) is 0 Å². The number of rotatable bonds is 3. The van der Waals surface area contributed by atoms with Crippen LogP contribution in [0.25, 0.3) is 0 Å². The summed E-state index contributed by atoms with van der Waals surface area (Å²) < 4.78 is 0. The fraction of sp³-hybridized carbons (Fsp3) is 0.650. The fourth-order valence-corrected chi connectivity index (χ4v) is 4.81. The molecule has 1 N–H and O–H groups in total. The number of hydrogen-bond donors (Lipinski definition) is 1. The van der Waals surface area contributed by atoms with E-state index >= 15 is 0 Å². The van der Waals surface area contributed by atoms with E-state index in [4.69, 9.17) is 11.6 Å². The van der Waals surface area contributed by atoms with Gasteiger partial charge in [-0.3, -0.25) is 4.79 Å². The van der Waals surface area contributed by atoms with Crippen molar-refractivity contribution in [3.63, 3.8) is 0 Å². The van der Waals surface area contributed by atoms with E-state index in [1.807, 2.05) is 12.1 Å². The second-order valence-corrected chi connectivity index (χ2v) is 8.68. The van der Waals surface area contributed by atoms with Crippen LogP contribution in [0.15, 0.2) is 18.2 Å². The van der Waals surface area contributed by atoms with Gasteiger partial charge in [-0.25, -0.2) is 0 Å². The first kappa shape index (κ1) is 16.8. The van der Waals surface area contributed by atoms with Crippen molar-refractivity contribution < 1.29 is 9.90 Å². The summed E-state index contributed by atoms with van der Waals surface area (Å²) in [5, 5.41) is 10.5. The van der Waals surface area contributed by atoms with Gasteiger partial charge in [-0.05, 0) is 67.1 Å². The minimum Gasteiger partial charge on any atom is -0.481 e. The summed E-state index contributed by atoms with van der Waals surface area (Å²) in [6.45, 7) is 4.68. The lowest BCUT2D eigenvalue weighted by molar-refractivity contribution is -0.143. The van der Waals surface area contributed by atoms with Gasteiger partial charge < -0.3 is 5.11 Å². The quantitative estimate of drug-likeness (QED) is 0.744. The number of carbonyl (C=O) groups is 1. The maximum absolute atomic E-state index is 11.9. The number of halogens is 1. The highest BCUT2D eigenvalue weighted by atomic mass is 35.5. The Morgan fingerprint density at radius 1 is 1.13 bits per heavy atom. The molecule has 2 aliphatic rings. The van der Waals surface area contributed by atoms with Crippen LogP contribution in [0.2, 0.25) is 5.02 Å². The summed E-state index contributed by atoms with van der Waals surface area (Å²) in [7, 11) is 0. The van der Waals surface area contributed by atoms with Crippen molar-refractivity contribution in [3.05, 3.63) is 34.3 Å². The molecule has 126 valence electrons. The van der Waals surface area contributed by atoms with Crippen LogP contribution >= 0.6 is 11.6 Å². The van der Waals surface area contributed by atoms with Crippen LogP contribution in [-0.2, 0) is 10.2 Å². The number of carboxylic acid groups (broad SMARTS) is 1. The Kier molecular flexibility index (Phi) is 4.48. The van der Waals surface area contributed by atoms with Gasteiger partial charge in [-0.1, -0.05) is 50.4 Å². The summed E-state index contributed by atoms with van der Waals surface area (Å²) in [5.41, 5.74) is 1.84. The van der Waals surface area contributed by atoms with Gasteiger partial charge >= 0.3 is 5.97 Å². The van der Waals surface area contributed by atoms with Crippen molar-refractivity contribution in [1.29, 1.82) is 0 Å². The van der Waals surface area contributed by atoms with Crippen LogP contribution in [0.4, 0.5) is 0 Å². The predicted molar refractivity (Wildman–Crippen MR) is 94.2 cm³/mol. The summed E-state index contributed by atoms with van der Waals surface area (Å²) in [6.07, 6.45) is 8.26. The second kappa shape index (κ2) is 6.12. The van der Waals surface area contributed by atoms with Crippen LogP contribution in [0.1, 0.15) is 82.3 Å². The Morgan fingerprint density at radius 3 is 2.26 bits per heavy atom. The van der Waals surface area contributed by atoms with Gasteiger partial charge in [0.2, 0.25) is 0 Å². The van der Waals surface area contributed by atoms with E-state index in [0.29, 0.717) is 11.3 Å². The van der Waals surface area contributed by atoms with Gasteiger partial charge in [0, 0.05) is 5.02 Å². The molecular weight excluding hydrogens is 308 g/mol. The zero-order valence-electron chi connectivity index (χ0n) is 14.2. The van der Waals surface area contributed by atoms with E-state index in [9.17, 15) is 9.90 Å². The minimum absolute atomic E-state index is 0.445. The smallest absolute Gasteiger partial charge is 0.314 e. The lowest BCUT2D eigenvalue weighted by Crippen LogP contribution is -2.32. The van der Waals surface area contributed by atoms with Crippen molar-refractivity contribution in [1.82, 2.24) is 0 Å². The second-order valence-electron chi connectivity index (χ2n) is 8.27. The van der Waals surface area contributed by atoms with Crippen LogP contribution in [0, 0.1) is 5.41 Å². The van der Waals surface area contributed by atoms with Crippen molar-refractivity contribution >= 4 is 17.6 Å². The molecule has 0 bridgehead atoms. The molecule has 0 radical (unpaired) electrons. The molecule has 0 atom stereocenters. The molecule has 1 aromatic rings. The molecule has 0 saturated heterocycles. The normalized spacial score (nSPS) is 23.8. The Morgan fingerprint density at radius 2 is 1.74 bits per heavy atom. The van der Waals surface area contributed by atoms with Crippen LogP contribution in [0.5, 0.6) is 0 Å². The lowest BCUT2D eigenvalue weighted by Gasteiger charge is -2.35. The van der Waals surface area contributed by atoms with Crippen molar-refractivity contribution in [2.45, 2.75) is 76.5 Å². The highest BCUT2D eigenvalue weighted by molar-refractivity contribution is 6.31. The Hall–Kier alpha value is -1.02. The lowest BCUT2D eigenvalue weighted by atomic mass is 9.71. The Balaban J connectivity index is 1.85. The third-order valence-electron chi connectivity index (χ3n) is 6.20. The maximum Gasteiger partial charge on any atom is 0.314 e. The highest BCUT2D eigenvalue weighted by Gasteiger charge is 2.43. The number of hydrogen-bond acceptors (Lipinski definition) is 1. The van der Waals surface area contributed by atoms with Crippen LogP contribution < -0.4 is 0 Å². The Labute approximate surface area is 144 Å². The predicted octanol–water partition coefficient (Wildman–Crippen LogP) is 5.92. The van der Waals surface area contributed by atoms with E-state index in [2.05, 4.69) is 19.9 Å². The molecule has 3 rings (SSSR count). The van der Waals surface area contributed by atoms with Gasteiger partial charge in [0.25, 0.3) is 0 Å². The molecule has 0 spiro atoms. The molecule has 23 heavy (non-hydrogen) atoms. The molecule has 2 saturated carbocycles. The van der Waals surface area contributed by atoms with Gasteiger partial charge in [-0.2, -0.15) is 0 Å². The highest BCUT2D eigenvalue weighted by Crippen LogP contribution is 2.46. The topological polar surface area (TPSA) is 37.3 Å². The molecule has 0 heterocycles. The van der Waals surface area contributed by atoms with Crippen molar-refractivity contribution in [2.24, 2.45) is 5.41 Å². The first-order valence-electron chi connectivity index (χ1n) is 8.87. The first-order valence-corrected chi connectivity index (χ1v) is 9.25. The molecule has 2 nitrogen and oxygen atoms in total. The van der Waals surface area contributed by atoms with Gasteiger partial charge in [0.1, 0.15) is 0 Å². The standard InChI is InChI=1S/C20H27ClO2/c1-19(2)11-7-14(8-12-19)16-6-5-15(13-17(16)21)20(18(22)23)9-3-4-10-20/h5-6,13-14H,3-4,7-12H2,1-2H3,(H,22,23). The Bertz CT molecular complexity index is 590. The van der Waals surface area contributed by atoms with Gasteiger partial charge in [0.05, 0.1) is 5.41 Å². The molecule has 1 aromatic carbocycles. The summed E-state index contributed by atoms with van der Waals surface area (Å²) in [4.78, 5) is 11.9. The van der Waals surface area contributed by atoms with Crippen molar-refractivity contribution in [2.75, 3.05) is 0 Å². The molecule has 0 aromatic heterocycles. The van der Waals surface area contributed by atoms with Gasteiger partial charge in [-0.15, -0.1) is 0 Å². The molecular formula is C20H27ClO2. The average Bonchev–Trinajstić information content (AvgIpc) is 2.98. The average molecular weight is 335 g/mol. The largest absolute Gasteiger partial charge is 0.481 e. The third kappa shape index (κ3) is 3.15. The van der Waals surface area contributed by atoms with E-state index in [1.54, 1.807) is 0 Å². The van der Waals surface area contributed by atoms with E-state index in [0.717, 1.165) is 36.3 Å². The molecule has 0 aliphatic heterocycles. The van der Waals surface area contributed by atoms with Crippen LogP contribution in [0.3, 0.4) is 0 Å². The van der Waals surface area contributed by atoms with Crippen molar-refractivity contribution in [3.8, 4) is 0 Å². The zero-order chi connectivity index (χ0) is 16.7. The zero-order valence-corrected chi connectivity index (χ0v) is 15.0. The van der Waals surface area contributed by atoms with E-state index in [-0.39, 0.29) is 0 Å². The molecule has 2 fully saturated rings. The monoisotopic (exact) mass is 334 g/mol. The number of benzene rings is 1.